The van der Waals surface area contributed by atoms with E-state index in [1.54, 1.807) is 26.4 Å². The van der Waals surface area contributed by atoms with Crippen LogP contribution in [-0.4, -0.2) is 59.6 Å². The molecule has 33 heavy (non-hydrogen) atoms. The van der Waals surface area contributed by atoms with Crippen LogP contribution < -0.4 is 10.1 Å². The number of benzene rings is 1. The highest BCUT2D eigenvalue weighted by atomic mass is 32.1. The molecular formula is C24H24N4O4S. The van der Waals surface area contributed by atoms with Crippen molar-refractivity contribution < 1.29 is 19.1 Å². The number of rotatable bonds is 5. The van der Waals surface area contributed by atoms with Gasteiger partial charge in [0.2, 0.25) is 0 Å². The van der Waals surface area contributed by atoms with Crippen molar-refractivity contribution in [1.82, 2.24) is 19.8 Å². The lowest BCUT2D eigenvalue weighted by Gasteiger charge is -2.14. The van der Waals surface area contributed by atoms with Crippen LogP contribution in [0.2, 0.25) is 0 Å². The highest BCUT2D eigenvalue weighted by Gasteiger charge is 2.28. The van der Waals surface area contributed by atoms with Gasteiger partial charge in [0, 0.05) is 64.2 Å². The van der Waals surface area contributed by atoms with Crippen LogP contribution in [0.15, 0.2) is 42.7 Å². The van der Waals surface area contributed by atoms with Crippen LogP contribution in [0.3, 0.4) is 0 Å². The number of nitrogens with zero attached hydrogens (tertiary/aromatic N) is 3. The Bertz CT molecular complexity index is 1380. The molecule has 0 saturated carbocycles. The van der Waals surface area contributed by atoms with Gasteiger partial charge in [0.25, 0.3) is 11.8 Å². The third kappa shape index (κ3) is 3.83. The van der Waals surface area contributed by atoms with Crippen molar-refractivity contribution in [1.29, 1.82) is 0 Å². The van der Waals surface area contributed by atoms with Crippen molar-refractivity contribution in [3.8, 4) is 11.5 Å². The first-order valence-electron chi connectivity index (χ1n) is 10.7. The monoisotopic (exact) mass is 464 g/mol. The van der Waals surface area contributed by atoms with E-state index in [9.17, 15) is 9.59 Å². The molecule has 4 heterocycles. The number of likely N-dealkylation sites (tertiary alicyclic amines) is 1. The lowest BCUT2D eigenvalue weighted by molar-refractivity contribution is 0.0728. The summed E-state index contributed by atoms with van der Waals surface area (Å²) in [5, 5.41) is 3.53. The maximum Gasteiger partial charge on any atom is 0.264 e. The largest absolute Gasteiger partial charge is 0.456 e. The van der Waals surface area contributed by atoms with Gasteiger partial charge in [0.05, 0.1) is 32.3 Å². The van der Waals surface area contributed by atoms with Crippen molar-refractivity contribution in [3.63, 3.8) is 0 Å². The van der Waals surface area contributed by atoms with E-state index < -0.39 is 0 Å². The number of methoxy groups -OCH3 is 1. The zero-order valence-corrected chi connectivity index (χ0v) is 19.4. The fourth-order valence-corrected chi connectivity index (χ4v) is 5.26. The number of nitrogens with one attached hydrogen (secondary N) is 1. The average molecular weight is 465 g/mol. The second kappa shape index (κ2) is 8.49. The molecule has 0 spiro atoms. The summed E-state index contributed by atoms with van der Waals surface area (Å²) in [6.07, 6.45) is 4.43. The Balaban J connectivity index is 1.45. The molecule has 2 amide bonds. The van der Waals surface area contributed by atoms with Crippen LogP contribution in [0.25, 0.3) is 21.1 Å². The first kappa shape index (κ1) is 21.4. The first-order chi connectivity index (χ1) is 16.0. The quantitative estimate of drug-likeness (QED) is 0.486. The number of carbonyl (C=O) groups excluding carboxylic acids is 2. The van der Waals surface area contributed by atoms with E-state index in [1.807, 2.05) is 47.0 Å². The van der Waals surface area contributed by atoms with E-state index in [2.05, 4.69) is 10.3 Å². The second-order valence-electron chi connectivity index (χ2n) is 8.05. The number of aromatic nitrogens is 2. The summed E-state index contributed by atoms with van der Waals surface area (Å²) in [4.78, 5) is 32.0. The van der Waals surface area contributed by atoms with Gasteiger partial charge >= 0.3 is 0 Å². The van der Waals surface area contributed by atoms with Gasteiger partial charge < -0.3 is 24.3 Å². The van der Waals surface area contributed by atoms with Gasteiger partial charge in [0.1, 0.15) is 11.5 Å². The molecule has 0 unspecified atom stereocenters. The van der Waals surface area contributed by atoms with Gasteiger partial charge in [-0.3, -0.25) is 14.6 Å². The number of amides is 2. The molecule has 4 aromatic rings. The van der Waals surface area contributed by atoms with Gasteiger partial charge in [0.15, 0.2) is 0 Å². The fraction of sp³-hybridized carbons (Fsp3) is 0.292. The highest BCUT2D eigenvalue weighted by molar-refractivity contribution is 7.21. The fourth-order valence-electron chi connectivity index (χ4n) is 4.23. The molecule has 0 radical (unpaired) electrons. The zero-order valence-electron chi connectivity index (χ0n) is 18.6. The number of pyridine rings is 1. The number of ether oxygens (including phenoxy) is 2. The van der Waals surface area contributed by atoms with Crippen molar-refractivity contribution >= 4 is 44.3 Å². The summed E-state index contributed by atoms with van der Waals surface area (Å²) in [6, 6.07) is 9.26. The maximum absolute atomic E-state index is 13.0. The van der Waals surface area contributed by atoms with Gasteiger partial charge in [-0.25, -0.2) is 0 Å². The third-order valence-electron chi connectivity index (χ3n) is 6.01. The predicted molar refractivity (Wildman–Crippen MR) is 127 cm³/mol. The predicted octanol–water partition coefficient (Wildman–Crippen LogP) is 3.80. The summed E-state index contributed by atoms with van der Waals surface area (Å²) in [7, 11) is 5.19. The van der Waals surface area contributed by atoms with Crippen LogP contribution in [0.5, 0.6) is 11.5 Å². The molecule has 1 N–H and O–H groups in total. The summed E-state index contributed by atoms with van der Waals surface area (Å²) >= 11 is 1.39. The minimum absolute atomic E-state index is 0.00420. The van der Waals surface area contributed by atoms with Gasteiger partial charge in [-0.2, -0.15) is 0 Å². The molecule has 5 rings (SSSR count). The first-order valence-corrected chi connectivity index (χ1v) is 11.5. The minimum Gasteiger partial charge on any atom is -0.456 e. The van der Waals surface area contributed by atoms with Crippen molar-refractivity contribution in [2.45, 2.75) is 12.5 Å². The van der Waals surface area contributed by atoms with E-state index in [0.717, 1.165) is 27.5 Å². The van der Waals surface area contributed by atoms with E-state index in [4.69, 9.17) is 9.47 Å². The standard InChI is InChI=1S/C24H24N4O4S/c1-25-23(29)17-13-27(2)19-10-14(4-5-16(17)19)32-20-6-8-26-18-11-21(33-22(18)20)24(30)28-9-7-15(12-28)31-3/h4-6,8,10-11,13,15H,7,9,12H2,1-3H3,(H,25,29)/t15-/m1/s1. The number of carbonyl (C=O) groups is 2. The van der Waals surface area contributed by atoms with Crippen molar-refractivity contribution in [2.75, 3.05) is 27.2 Å². The lowest BCUT2D eigenvalue weighted by atomic mass is 10.1. The normalized spacial score (nSPS) is 16.0. The Morgan fingerprint density at radius 2 is 2.09 bits per heavy atom. The van der Waals surface area contributed by atoms with Crippen LogP contribution in [0.1, 0.15) is 26.5 Å². The van der Waals surface area contributed by atoms with E-state index in [0.29, 0.717) is 35.0 Å². The smallest absolute Gasteiger partial charge is 0.264 e. The van der Waals surface area contributed by atoms with E-state index >= 15 is 0 Å². The molecule has 9 heteroatoms. The van der Waals surface area contributed by atoms with E-state index in [1.165, 1.54) is 11.3 Å². The van der Waals surface area contributed by atoms with Crippen molar-refractivity contribution in [3.05, 3.63) is 53.2 Å². The molecule has 1 saturated heterocycles. The van der Waals surface area contributed by atoms with Gasteiger partial charge in [-0.05, 0) is 24.6 Å². The van der Waals surface area contributed by atoms with Crippen LogP contribution in [0.4, 0.5) is 0 Å². The van der Waals surface area contributed by atoms with Crippen LogP contribution >= 0.6 is 11.3 Å². The maximum atomic E-state index is 13.0. The highest BCUT2D eigenvalue weighted by Crippen LogP contribution is 2.36. The SMILES string of the molecule is CNC(=O)c1cn(C)c2cc(Oc3ccnc4cc(C(=O)N5CC[C@@H](OC)C5)sc34)ccc12. The third-order valence-corrected chi connectivity index (χ3v) is 7.14. The zero-order chi connectivity index (χ0) is 23.1. The number of thiophene rings is 1. The number of hydrogen-bond donors (Lipinski definition) is 1. The van der Waals surface area contributed by atoms with Crippen LogP contribution in [0, 0.1) is 0 Å². The lowest BCUT2D eigenvalue weighted by Crippen LogP contribution is -2.29. The Labute approximate surface area is 194 Å². The molecule has 8 nitrogen and oxygen atoms in total. The summed E-state index contributed by atoms with van der Waals surface area (Å²) < 4.78 is 14.3. The van der Waals surface area contributed by atoms with E-state index in [-0.39, 0.29) is 17.9 Å². The molecule has 1 atom stereocenters. The molecule has 3 aromatic heterocycles. The summed E-state index contributed by atoms with van der Waals surface area (Å²) in [5.74, 6) is 1.15. The van der Waals surface area contributed by atoms with Gasteiger partial charge in [-0.15, -0.1) is 11.3 Å². The molecule has 0 bridgehead atoms. The van der Waals surface area contributed by atoms with Crippen LogP contribution in [-0.2, 0) is 11.8 Å². The minimum atomic E-state index is -0.129. The Morgan fingerprint density at radius 1 is 1.24 bits per heavy atom. The molecular weight excluding hydrogens is 440 g/mol. The molecule has 0 aliphatic carbocycles. The molecule has 170 valence electrons. The average Bonchev–Trinajstić information content (AvgIpc) is 3.56. The topological polar surface area (TPSA) is 85.7 Å². The number of hydrogen-bond acceptors (Lipinski definition) is 6. The molecule has 1 fully saturated rings. The Kier molecular flexibility index (Phi) is 5.51. The molecule has 1 aromatic carbocycles. The Hall–Kier alpha value is -3.43. The molecule has 1 aliphatic rings. The number of aryl methyl sites for hydroxylation is 1. The van der Waals surface area contributed by atoms with Crippen molar-refractivity contribution in [2.24, 2.45) is 7.05 Å². The second-order valence-corrected chi connectivity index (χ2v) is 9.10. The number of fused-ring (bicyclic) bond motifs is 2. The molecule has 1 aliphatic heterocycles. The Morgan fingerprint density at radius 3 is 2.85 bits per heavy atom. The van der Waals surface area contributed by atoms with Gasteiger partial charge in [-0.1, -0.05) is 0 Å². The summed E-state index contributed by atoms with van der Waals surface area (Å²) in [5.41, 5.74) is 2.23. The summed E-state index contributed by atoms with van der Waals surface area (Å²) in [6.45, 7) is 1.30.